The molecule has 1 unspecified atom stereocenters. The fraction of sp³-hybridized carbons (Fsp3) is 0.867. The smallest absolute Gasteiger partial charge is 0.229 e. The lowest BCUT2D eigenvalue weighted by atomic mass is 9.86. The highest BCUT2D eigenvalue weighted by atomic mass is 16.5. The van der Waals surface area contributed by atoms with Crippen LogP contribution < -0.4 is 5.32 Å². The molecule has 5 heteroatoms. The third-order valence-electron chi connectivity index (χ3n) is 4.43. The van der Waals surface area contributed by atoms with E-state index in [4.69, 9.17) is 9.26 Å². The number of hydrogen-bond donors (Lipinski definition) is 1. The van der Waals surface area contributed by atoms with E-state index in [2.05, 4.69) is 22.4 Å². The average molecular weight is 279 g/mol. The lowest BCUT2D eigenvalue weighted by molar-refractivity contribution is 0.103. The van der Waals surface area contributed by atoms with E-state index >= 15 is 0 Å². The lowest BCUT2D eigenvalue weighted by Gasteiger charge is -2.27. The minimum absolute atomic E-state index is 0.0649. The summed E-state index contributed by atoms with van der Waals surface area (Å²) in [7, 11) is 0. The first kappa shape index (κ1) is 14.0. The molecule has 2 heterocycles. The Morgan fingerprint density at radius 3 is 2.75 bits per heavy atom. The van der Waals surface area contributed by atoms with Crippen LogP contribution in [-0.4, -0.2) is 29.3 Å². The highest BCUT2D eigenvalue weighted by Gasteiger charge is 2.28. The number of nitrogens with one attached hydrogen (secondary N) is 1. The van der Waals surface area contributed by atoms with Crippen LogP contribution in [-0.2, 0) is 4.74 Å². The van der Waals surface area contributed by atoms with E-state index in [0.29, 0.717) is 12.0 Å². The summed E-state index contributed by atoms with van der Waals surface area (Å²) in [5.74, 6) is 2.02. The first-order valence-corrected chi connectivity index (χ1v) is 8.05. The number of nitrogens with zero attached hydrogens (tertiary/aromatic N) is 2. The molecule has 0 bridgehead atoms. The van der Waals surface area contributed by atoms with Crippen molar-refractivity contribution in [3.8, 4) is 0 Å². The Morgan fingerprint density at radius 1 is 1.20 bits per heavy atom. The van der Waals surface area contributed by atoms with Gasteiger partial charge in [-0.15, -0.1) is 0 Å². The molecule has 1 saturated heterocycles. The monoisotopic (exact) mass is 279 g/mol. The fourth-order valence-corrected chi connectivity index (χ4v) is 3.22. The molecule has 3 rings (SSSR count). The van der Waals surface area contributed by atoms with Gasteiger partial charge in [-0.2, -0.15) is 4.98 Å². The molecular formula is C15H25N3O2. The predicted octanol–water partition coefficient (Wildman–Crippen LogP) is 2.95. The standard InChI is InChI=1S/C15H25N3O2/c1-2-9-16-12-7-5-11(6-8-12)15-17-14(18-20-15)13-4-3-10-19-13/h11-13,16H,2-10H2,1H3. The zero-order chi connectivity index (χ0) is 13.8. The third kappa shape index (κ3) is 3.20. The van der Waals surface area contributed by atoms with Crippen LogP contribution in [0.4, 0.5) is 0 Å². The lowest BCUT2D eigenvalue weighted by Crippen LogP contribution is -2.33. The normalized spacial score (nSPS) is 30.8. The van der Waals surface area contributed by atoms with E-state index < -0.39 is 0 Å². The Balaban J connectivity index is 1.52. The van der Waals surface area contributed by atoms with Crippen molar-refractivity contribution in [2.75, 3.05) is 13.2 Å². The van der Waals surface area contributed by atoms with E-state index in [0.717, 1.165) is 50.6 Å². The Bertz CT molecular complexity index is 407. The van der Waals surface area contributed by atoms with E-state index in [9.17, 15) is 0 Å². The number of ether oxygens (including phenoxy) is 1. The Hall–Kier alpha value is -0.940. The van der Waals surface area contributed by atoms with Gasteiger partial charge in [-0.25, -0.2) is 0 Å². The number of rotatable bonds is 5. The SMILES string of the molecule is CCCNC1CCC(c2nc(C3CCCO3)no2)CC1. The van der Waals surface area contributed by atoms with Crippen molar-refractivity contribution in [1.29, 1.82) is 0 Å². The molecule has 1 aliphatic heterocycles. The molecule has 5 nitrogen and oxygen atoms in total. The minimum Gasteiger partial charge on any atom is -0.370 e. The highest BCUT2D eigenvalue weighted by Crippen LogP contribution is 2.33. The molecule has 112 valence electrons. The first-order chi connectivity index (χ1) is 9.86. The van der Waals surface area contributed by atoms with Crippen molar-refractivity contribution >= 4 is 0 Å². The maximum atomic E-state index is 5.61. The number of hydrogen-bond acceptors (Lipinski definition) is 5. The molecular weight excluding hydrogens is 254 g/mol. The van der Waals surface area contributed by atoms with Crippen LogP contribution in [0.1, 0.15) is 75.6 Å². The van der Waals surface area contributed by atoms with Crippen molar-refractivity contribution in [3.63, 3.8) is 0 Å². The summed E-state index contributed by atoms with van der Waals surface area (Å²) in [6, 6.07) is 0.673. The van der Waals surface area contributed by atoms with E-state index in [1.165, 1.54) is 19.3 Å². The molecule has 0 aromatic carbocycles. The molecule has 1 aromatic heterocycles. The van der Waals surface area contributed by atoms with Gasteiger partial charge in [0, 0.05) is 18.6 Å². The van der Waals surface area contributed by atoms with Crippen LogP contribution in [0, 0.1) is 0 Å². The second kappa shape index (κ2) is 6.68. The molecule has 1 aromatic rings. The van der Waals surface area contributed by atoms with Crippen molar-refractivity contribution in [2.45, 2.75) is 69.9 Å². The maximum absolute atomic E-state index is 5.61. The van der Waals surface area contributed by atoms with Crippen LogP contribution in [0.3, 0.4) is 0 Å². The van der Waals surface area contributed by atoms with Crippen LogP contribution in [0.25, 0.3) is 0 Å². The number of aromatic nitrogens is 2. The molecule has 2 fully saturated rings. The quantitative estimate of drug-likeness (QED) is 0.898. The summed E-state index contributed by atoms with van der Waals surface area (Å²) in [5, 5.41) is 7.72. The zero-order valence-corrected chi connectivity index (χ0v) is 12.3. The van der Waals surface area contributed by atoms with Crippen molar-refractivity contribution < 1.29 is 9.26 Å². The van der Waals surface area contributed by atoms with Gasteiger partial charge in [-0.05, 0) is 51.5 Å². The summed E-state index contributed by atoms with van der Waals surface area (Å²) >= 11 is 0. The summed E-state index contributed by atoms with van der Waals surface area (Å²) in [5.41, 5.74) is 0. The summed E-state index contributed by atoms with van der Waals surface area (Å²) in [4.78, 5) is 4.58. The van der Waals surface area contributed by atoms with Gasteiger partial charge in [-0.1, -0.05) is 12.1 Å². The van der Waals surface area contributed by atoms with Crippen LogP contribution in [0.2, 0.25) is 0 Å². The van der Waals surface area contributed by atoms with Crippen molar-refractivity contribution in [2.24, 2.45) is 0 Å². The van der Waals surface area contributed by atoms with E-state index in [1.54, 1.807) is 0 Å². The fourth-order valence-electron chi connectivity index (χ4n) is 3.22. The highest BCUT2D eigenvalue weighted by molar-refractivity contribution is 5.00. The molecule has 1 N–H and O–H groups in total. The average Bonchev–Trinajstić information content (AvgIpc) is 3.16. The van der Waals surface area contributed by atoms with Gasteiger partial charge in [0.2, 0.25) is 11.7 Å². The van der Waals surface area contributed by atoms with Gasteiger partial charge in [0.15, 0.2) is 0 Å². The third-order valence-corrected chi connectivity index (χ3v) is 4.43. The van der Waals surface area contributed by atoms with Gasteiger partial charge in [0.05, 0.1) is 0 Å². The Labute approximate surface area is 120 Å². The second-order valence-corrected chi connectivity index (χ2v) is 6.00. The second-order valence-electron chi connectivity index (χ2n) is 6.00. The van der Waals surface area contributed by atoms with Crippen LogP contribution >= 0.6 is 0 Å². The van der Waals surface area contributed by atoms with Gasteiger partial charge in [-0.3, -0.25) is 0 Å². The summed E-state index contributed by atoms with van der Waals surface area (Å²) in [6.45, 7) is 4.16. The maximum Gasteiger partial charge on any atom is 0.229 e. The van der Waals surface area contributed by atoms with Gasteiger partial charge in [0.25, 0.3) is 0 Å². The van der Waals surface area contributed by atoms with Gasteiger partial charge in [0.1, 0.15) is 6.10 Å². The van der Waals surface area contributed by atoms with Crippen LogP contribution in [0.5, 0.6) is 0 Å². The minimum atomic E-state index is 0.0649. The molecule has 2 aliphatic rings. The molecule has 1 aliphatic carbocycles. The zero-order valence-electron chi connectivity index (χ0n) is 12.3. The Morgan fingerprint density at radius 2 is 2.05 bits per heavy atom. The van der Waals surface area contributed by atoms with E-state index in [-0.39, 0.29) is 6.10 Å². The molecule has 0 spiro atoms. The van der Waals surface area contributed by atoms with Gasteiger partial charge < -0.3 is 14.6 Å². The Kier molecular flexibility index (Phi) is 4.68. The topological polar surface area (TPSA) is 60.2 Å². The van der Waals surface area contributed by atoms with Crippen molar-refractivity contribution in [3.05, 3.63) is 11.7 Å². The predicted molar refractivity (Wildman–Crippen MR) is 75.5 cm³/mol. The molecule has 20 heavy (non-hydrogen) atoms. The molecule has 1 atom stereocenters. The van der Waals surface area contributed by atoms with Gasteiger partial charge >= 0.3 is 0 Å². The molecule has 0 amide bonds. The van der Waals surface area contributed by atoms with E-state index in [1.807, 2.05) is 0 Å². The van der Waals surface area contributed by atoms with Crippen LogP contribution in [0.15, 0.2) is 4.52 Å². The first-order valence-electron chi connectivity index (χ1n) is 8.05. The summed E-state index contributed by atoms with van der Waals surface area (Å²) in [6.07, 6.45) is 8.10. The molecule has 0 radical (unpaired) electrons. The molecule has 1 saturated carbocycles. The summed E-state index contributed by atoms with van der Waals surface area (Å²) < 4.78 is 11.1. The largest absolute Gasteiger partial charge is 0.370 e. The van der Waals surface area contributed by atoms with Crippen molar-refractivity contribution in [1.82, 2.24) is 15.5 Å².